The van der Waals surface area contributed by atoms with Crippen molar-refractivity contribution in [3.05, 3.63) is 35.7 Å². The Hall–Kier alpha value is -2.55. The molecule has 1 aromatic carbocycles. The molecule has 0 amide bonds. The van der Waals surface area contributed by atoms with E-state index >= 15 is 0 Å². The van der Waals surface area contributed by atoms with Gasteiger partial charge < -0.3 is 9.47 Å². The van der Waals surface area contributed by atoms with Crippen molar-refractivity contribution in [2.24, 2.45) is 0 Å². The molecular weight excluding hydrogens is 280 g/mol. The average Bonchev–Trinajstić information content (AvgIpc) is 3.32. The summed E-state index contributed by atoms with van der Waals surface area (Å²) < 4.78 is 12.7. The smallest absolute Gasteiger partial charge is 0.186 e. The lowest BCUT2D eigenvalue weighted by Gasteiger charge is -2.08. The second kappa shape index (κ2) is 6.48. The standard InChI is InChI=1S/C16H18N4O2/c1-21-13-5-7-14(8-6-13)22-10-2-9-20-16(12-3-4-12)15(11-17)18-19-20/h5-8,12H,2-4,9-10H2,1H3. The van der Waals surface area contributed by atoms with Crippen LogP contribution in [0.25, 0.3) is 0 Å². The molecule has 1 fully saturated rings. The van der Waals surface area contributed by atoms with E-state index in [1.165, 1.54) is 0 Å². The minimum absolute atomic E-state index is 0.465. The highest BCUT2D eigenvalue weighted by Gasteiger charge is 2.31. The first-order valence-corrected chi connectivity index (χ1v) is 7.42. The van der Waals surface area contributed by atoms with Gasteiger partial charge in [0.25, 0.3) is 0 Å². The van der Waals surface area contributed by atoms with Crippen molar-refractivity contribution in [3.8, 4) is 17.6 Å². The van der Waals surface area contributed by atoms with Gasteiger partial charge in [0.2, 0.25) is 0 Å². The van der Waals surface area contributed by atoms with E-state index < -0.39 is 0 Å². The summed E-state index contributed by atoms with van der Waals surface area (Å²) in [6, 6.07) is 9.64. The predicted octanol–water partition coefficient (Wildman–Crippen LogP) is 2.50. The van der Waals surface area contributed by atoms with E-state index in [2.05, 4.69) is 16.4 Å². The summed E-state index contributed by atoms with van der Waals surface area (Å²) in [7, 11) is 1.64. The van der Waals surface area contributed by atoms with Crippen LogP contribution in [0, 0.1) is 11.3 Å². The Morgan fingerprint density at radius 2 is 2.00 bits per heavy atom. The van der Waals surface area contributed by atoms with Crippen molar-refractivity contribution >= 4 is 0 Å². The summed E-state index contributed by atoms with van der Waals surface area (Å²) in [6.07, 6.45) is 3.08. The third-order valence-corrected chi connectivity index (χ3v) is 3.69. The zero-order valence-electron chi connectivity index (χ0n) is 12.5. The summed E-state index contributed by atoms with van der Waals surface area (Å²) in [6.45, 7) is 1.31. The Balaban J connectivity index is 1.51. The lowest BCUT2D eigenvalue weighted by Crippen LogP contribution is -2.09. The van der Waals surface area contributed by atoms with Gasteiger partial charge in [-0.1, -0.05) is 5.21 Å². The van der Waals surface area contributed by atoms with Gasteiger partial charge in [-0.2, -0.15) is 5.26 Å². The van der Waals surface area contributed by atoms with Crippen LogP contribution in [0.1, 0.15) is 36.6 Å². The van der Waals surface area contributed by atoms with Gasteiger partial charge in [-0.05, 0) is 37.1 Å². The zero-order valence-corrected chi connectivity index (χ0v) is 12.5. The lowest BCUT2D eigenvalue weighted by molar-refractivity contribution is 0.296. The quantitative estimate of drug-likeness (QED) is 0.734. The fourth-order valence-electron chi connectivity index (χ4n) is 2.40. The monoisotopic (exact) mass is 298 g/mol. The van der Waals surface area contributed by atoms with Gasteiger partial charge in [0.15, 0.2) is 5.69 Å². The topological polar surface area (TPSA) is 73.0 Å². The SMILES string of the molecule is COc1ccc(OCCCn2nnc(C#N)c2C2CC2)cc1. The molecule has 0 aliphatic heterocycles. The van der Waals surface area contributed by atoms with Crippen LogP contribution in [-0.2, 0) is 6.54 Å². The van der Waals surface area contributed by atoms with Crippen LogP contribution in [0.5, 0.6) is 11.5 Å². The molecule has 1 aromatic heterocycles. The van der Waals surface area contributed by atoms with Gasteiger partial charge in [0, 0.05) is 18.9 Å². The number of hydrogen-bond donors (Lipinski definition) is 0. The van der Waals surface area contributed by atoms with E-state index in [0.717, 1.165) is 43.0 Å². The van der Waals surface area contributed by atoms with E-state index in [4.69, 9.17) is 14.7 Å². The number of hydrogen-bond acceptors (Lipinski definition) is 5. The van der Waals surface area contributed by atoms with Gasteiger partial charge in [0.1, 0.15) is 17.6 Å². The molecule has 114 valence electrons. The molecule has 3 rings (SSSR count). The van der Waals surface area contributed by atoms with Gasteiger partial charge in [0.05, 0.1) is 19.4 Å². The normalized spacial score (nSPS) is 13.6. The minimum Gasteiger partial charge on any atom is -0.497 e. The maximum atomic E-state index is 9.07. The number of aromatic nitrogens is 3. The van der Waals surface area contributed by atoms with E-state index in [1.54, 1.807) is 7.11 Å². The molecule has 0 radical (unpaired) electrons. The van der Waals surface area contributed by atoms with E-state index in [-0.39, 0.29) is 0 Å². The van der Waals surface area contributed by atoms with Crippen molar-refractivity contribution < 1.29 is 9.47 Å². The number of aryl methyl sites for hydroxylation is 1. The Kier molecular flexibility index (Phi) is 4.24. The second-order valence-corrected chi connectivity index (χ2v) is 5.31. The van der Waals surface area contributed by atoms with Crippen LogP contribution in [-0.4, -0.2) is 28.7 Å². The van der Waals surface area contributed by atoms with Crippen molar-refractivity contribution in [1.82, 2.24) is 15.0 Å². The van der Waals surface area contributed by atoms with E-state index in [9.17, 15) is 0 Å². The zero-order chi connectivity index (χ0) is 15.4. The molecule has 1 aliphatic rings. The predicted molar refractivity (Wildman–Crippen MR) is 79.8 cm³/mol. The summed E-state index contributed by atoms with van der Waals surface area (Å²) in [4.78, 5) is 0. The number of rotatable bonds is 7. The summed E-state index contributed by atoms with van der Waals surface area (Å²) in [5.41, 5.74) is 1.46. The van der Waals surface area contributed by atoms with Crippen LogP contribution < -0.4 is 9.47 Å². The third kappa shape index (κ3) is 3.19. The number of nitrogens with zero attached hydrogens (tertiary/aromatic N) is 4. The first-order valence-electron chi connectivity index (χ1n) is 7.42. The Bertz CT molecular complexity index is 668. The number of benzene rings is 1. The van der Waals surface area contributed by atoms with Crippen LogP contribution in [0.3, 0.4) is 0 Å². The average molecular weight is 298 g/mol. The molecule has 2 aromatic rings. The fraction of sp³-hybridized carbons (Fsp3) is 0.438. The highest BCUT2D eigenvalue weighted by Crippen LogP contribution is 2.40. The second-order valence-electron chi connectivity index (χ2n) is 5.31. The summed E-state index contributed by atoms with van der Waals surface area (Å²) >= 11 is 0. The number of ether oxygens (including phenoxy) is 2. The van der Waals surface area contributed by atoms with Crippen LogP contribution in [0.4, 0.5) is 0 Å². The molecule has 6 heteroatoms. The van der Waals surface area contributed by atoms with Gasteiger partial charge in [-0.25, -0.2) is 4.68 Å². The molecule has 22 heavy (non-hydrogen) atoms. The molecular formula is C16H18N4O2. The first kappa shape index (κ1) is 14.4. The Labute approximate surface area is 129 Å². The van der Waals surface area contributed by atoms with Crippen molar-refractivity contribution in [3.63, 3.8) is 0 Å². The molecule has 0 spiro atoms. The molecule has 0 unspecified atom stereocenters. The minimum atomic E-state index is 0.465. The van der Waals surface area contributed by atoms with Crippen molar-refractivity contribution in [1.29, 1.82) is 5.26 Å². The van der Waals surface area contributed by atoms with Crippen molar-refractivity contribution in [2.75, 3.05) is 13.7 Å². The van der Waals surface area contributed by atoms with Gasteiger partial charge in [-0.3, -0.25) is 0 Å². The van der Waals surface area contributed by atoms with E-state index in [0.29, 0.717) is 18.2 Å². The Morgan fingerprint density at radius 3 is 2.64 bits per heavy atom. The van der Waals surface area contributed by atoms with Crippen LogP contribution in [0.2, 0.25) is 0 Å². The highest BCUT2D eigenvalue weighted by atomic mass is 16.5. The molecule has 0 saturated heterocycles. The molecule has 0 atom stereocenters. The van der Waals surface area contributed by atoms with Crippen molar-refractivity contribution in [2.45, 2.75) is 31.7 Å². The fourth-order valence-corrected chi connectivity index (χ4v) is 2.40. The highest BCUT2D eigenvalue weighted by molar-refractivity contribution is 5.31. The lowest BCUT2D eigenvalue weighted by atomic mass is 10.2. The molecule has 1 saturated carbocycles. The van der Waals surface area contributed by atoms with Gasteiger partial charge in [-0.15, -0.1) is 5.10 Å². The third-order valence-electron chi connectivity index (χ3n) is 3.69. The van der Waals surface area contributed by atoms with Crippen LogP contribution in [0.15, 0.2) is 24.3 Å². The molecule has 0 N–H and O–H groups in total. The first-order chi connectivity index (χ1) is 10.8. The molecule has 6 nitrogen and oxygen atoms in total. The number of methoxy groups -OCH3 is 1. The largest absolute Gasteiger partial charge is 0.497 e. The van der Waals surface area contributed by atoms with Crippen LogP contribution >= 0.6 is 0 Å². The van der Waals surface area contributed by atoms with Gasteiger partial charge >= 0.3 is 0 Å². The maximum absolute atomic E-state index is 9.07. The summed E-state index contributed by atoms with van der Waals surface area (Å²) in [5, 5.41) is 17.1. The molecule has 0 bridgehead atoms. The number of nitriles is 1. The molecule has 1 aliphatic carbocycles. The van der Waals surface area contributed by atoms with E-state index in [1.807, 2.05) is 28.9 Å². The maximum Gasteiger partial charge on any atom is 0.186 e. The summed E-state index contributed by atoms with van der Waals surface area (Å²) in [5.74, 6) is 2.10. The Morgan fingerprint density at radius 1 is 1.27 bits per heavy atom. The molecule has 1 heterocycles.